The second-order valence-corrected chi connectivity index (χ2v) is 7.03. The number of benzene rings is 2. The highest BCUT2D eigenvalue weighted by molar-refractivity contribution is 5.82. The van der Waals surface area contributed by atoms with Gasteiger partial charge in [-0.25, -0.2) is 4.98 Å². The second-order valence-electron chi connectivity index (χ2n) is 7.03. The molecule has 0 N–H and O–H groups in total. The number of rotatable bonds is 2. The molecule has 136 valence electrons. The summed E-state index contributed by atoms with van der Waals surface area (Å²) in [6, 6.07) is 14.5. The quantitative estimate of drug-likeness (QED) is 0.548. The Morgan fingerprint density at radius 3 is 2.48 bits per heavy atom. The zero-order valence-electron chi connectivity index (χ0n) is 15.5. The van der Waals surface area contributed by atoms with E-state index in [9.17, 15) is 0 Å². The van der Waals surface area contributed by atoms with Gasteiger partial charge in [0.05, 0.1) is 11.0 Å². The van der Waals surface area contributed by atoms with E-state index in [0.717, 1.165) is 43.0 Å². The molecule has 1 fully saturated rings. The molecule has 0 saturated carbocycles. The average molecular weight is 359 g/mol. The van der Waals surface area contributed by atoms with Crippen LogP contribution in [-0.2, 0) is 0 Å². The van der Waals surface area contributed by atoms with Crippen LogP contribution in [0.4, 0.5) is 11.5 Å². The lowest BCUT2D eigenvalue weighted by atomic mass is 10.1. The van der Waals surface area contributed by atoms with Gasteiger partial charge < -0.3 is 9.80 Å². The highest BCUT2D eigenvalue weighted by Gasteiger charge is 2.23. The van der Waals surface area contributed by atoms with E-state index >= 15 is 0 Å². The summed E-state index contributed by atoms with van der Waals surface area (Å²) in [5.74, 6) is 0.860. The van der Waals surface area contributed by atoms with E-state index in [1.165, 1.54) is 16.8 Å². The number of anilines is 2. The summed E-state index contributed by atoms with van der Waals surface area (Å²) >= 11 is 0. The summed E-state index contributed by atoms with van der Waals surface area (Å²) in [5.41, 5.74) is 6.57. The fourth-order valence-corrected chi connectivity index (χ4v) is 3.84. The average Bonchev–Trinajstić information content (AvgIpc) is 3.20. The van der Waals surface area contributed by atoms with E-state index < -0.39 is 0 Å². The van der Waals surface area contributed by atoms with Crippen LogP contribution in [0.3, 0.4) is 0 Å². The van der Waals surface area contributed by atoms with Crippen molar-refractivity contribution in [2.75, 3.05) is 36.0 Å². The summed E-state index contributed by atoms with van der Waals surface area (Å²) < 4.78 is 1.79. The minimum Gasteiger partial charge on any atom is -0.368 e. The van der Waals surface area contributed by atoms with Gasteiger partial charge in [0.2, 0.25) is 5.65 Å². The van der Waals surface area contributed by atoms with Crippen LogP contribution in [0, 0.1) is 13.8 Å². The number of aromatic nitrogens is 5. The highest BCUT2D eigenvalue weighted by atomic mass is 15.5. The van der Waals surface area contributed by atoms with Gasteiger partial charge in [0.15, 0.2) is 5.82 Å². The molecule has 0 unspecified atom stereocenters. The van der Waals surface area contributed by atoms with Crippen molar-refractivity contribution < 1.29 is 0 Å². The standard InChI is InChI=1S/C20H21N7/c1-14-6-5-9-17(15(14)2)25-10-12-26(13-11-25)19-20-22-23-24-27(20)18-8-4-3-7-16(18)21-19/h3-9H,10-13H2,1-2H3. The first kappa shape index (κ1) is 16.0. The van der Waals surface area contributed by atoms with Crippen molar-refractivity contribution in [3.8, 4) is 0 Å². The number of hydrogen-bond acceptors (Lipinski definition) is 6. The van der Waals surface area contributed by atoms with Crippen LogP contribution < -0.4 is 9.80 Å². The van der Waals surface area contributed by atoms with Gasteiger partial charge >= 0.3 is 0 Å². The molecule has 0 atom stereocenters. The third-order valence-corrected chi connectivity index (χ3v) is 5.50. The minimum atomic E-state index is 0.717. The molecule has 7 nitrogen and oxygen atoms in total. The molecular weight excluding hydrogens is 338 g/mol. The Kier molecular flexibility index (Phi) is 3.67. The number of aryl methyl sites for hydroxylation is 1. The van der Waals surface area contributed by atoms with Crippen molar-refractivity contribution in [3.05, 3.63) is 53.6 Å². The smallest absolute Gasteiger partial charge is 0.222 e. The largest absolute Gasteiger partial charge is 0.368 e. The summed E-state index contributed by atoms with van der Waals surface area (Å²) in [7, 11) is 0. The summed E-state index contributed by atoms with van der Waals surface area (Å²) in [4.78, 5) is 9.62. The van der Waals surface area contributed by atoms with E-state index in [-0.39, 0.29) is 0 Å². The van der Waals surface area contributed by atoms with Gasteiger partial charge in [-0.3, -0.25) is 0 Å². The number of piperazine rings is 1. The first-order chi connectivity index (χ1) is 13.2. The van der Waals surface area contributed by atoms with E-state index in [1.54, 1.807) is 4.52 Å². The van der Waals surface area contributed by atoms with Crippen LogP contribution in [0.2, 0.25) is 0 Å². The fourth-order valence-electron chi connectivity index (χ4n) is 3.84. The lowest BCUT2D eigenvalue weighted by Gasteiger charge is -2.37. The van der Waals surface area contributed by atoms with Crippen molar-refractivity contribution >= 4 is 28.2 Å². The van der Waals surface area contributed by atoms with Crippen LogP contribution in [0.15, 0.2) is 42.5 Å². The van der Waals surface area contributed by atoms with Gasteiger partial charge in [0.1, 0.15) is 0 Å². The topological polar surface area (TPSA) is 62.5 Å². The SMILES string of the molecule is Cc1cccc(N2CCN(c3nc4ccccc4n4nnnc34)CC2)c1C. The zero-order chi connectivity index (χ0) is 18.4. The van der Waals surface area contributed by atoms with Gasteiger partial charge in [-0.05, 0) is 53.6 Å². The molecule has 0 amide bonds. The van der Waals surface area contributed by atoms with Crippen LogP contribution >= 0.6 is 0 Å². The van der Waals surface area contributed by atoms with Crippen LogP contribution in [-0.4, -0.2) is 51.2 Å². The molecule has 0 bridgehead atoms. The van der Waals surface area contributed by atoms with E-state index in [1.807, 2.05) is 24.3 Å². The molecule has 1 saturated heterocycles. The number of para-hydroxylation sites is 2. The van der Waals surface area contributed by atoms with Crippen LogP contribution in [0.25, 0.3) is 16.7 Å². The maximum atomic E-state index is 4.87. The van der Waals surface area contributed by atoms with Crippen molar-refractivity contribution in [3.63, 3.8) is 0 Å². The Morgan fingerprint density at radius 2 is 1.63 bits per heavy atom. The van der Waals surface area contributed by atoms with Crippen LogP contribution in [0.5, 0.6) is 0 Å². The minimum absolute atomic E-state index is 0.717. The van der Waals surface area contributed by atoms with Gasteiger partial charge in [-0.1, -0.05) is 24.3 Å². The highest BCUT2D eigenvalue weighted by Crippen LogP contribution is 2.27. The van der Waals surface area contributed by atoms with E-state index in [2.05, 4.69) is 57.4 Å². The van der Waals surface area contributed by atoms with E-state index in [0.29, 0.717) is 5.65 Å². The molecule has 1 aliphatic heterocycles. The molecular formula is C20H21N7. The summed E-state index contributed by atoms with van der Waals surface area (Å²) in [5, 5.41) is 12.3. The molecule has 3 heterocycles. The monoisotopic (exact) mass is 359 g/mol. The van der Waals surface area contributed by atoms with Crippen molar-refractivity contribution in [2.24, 2.45) is 0 Å². The number of tetrazole rings is 1. The lowest BCUT2D eigenvalue weighted by Crippen LogP contribution is -2.47. The molecule has 2 aromatic carbocycles. The first-order valence-electron chi connectivity index (χ1n) is 9.25. The molecule has 4 aromatic rings. The predicted molar refractivity (Wildman–Crippen MR) is 106 cm³/mol. The maximum absolute atomic E-state index is 4.87. The molecule has 0 aliphatic carbocycles. The fraction of sp³-hybridized carbons (Fsp3) is 0.300. The van der Waals surface area contributed by atoms with Crippen molar-refractivity contribution in [1.29, 1.82) is 0 Å². The number of hydrogen-bond donors (Lipinski definition) is 0. The maximum Gasteiger partial charge on any atom is 0.222 e. The van der Waals surface area contributed by atoms with Gasteiger partial charge in [0, 0.05) is 31.9 Å². The molecule has 27 heavy (non-hydrogen) atoms. The Hall–Kier alpha value is -3.22. The second kappa shape index (κ2) is 6.19. The van der Waals surface area contributed by atoms with Gasteiger partial charge in [-0.2, -0.15) is 4.52 Å². The zero-order valence-corrected chi connectivity index (χ0v) is 15.5. The van der Waals surface area contributed by atoms with Crippen LogP contribution in [0.1, 0.15) is 11.1 Å². The lowest BCUT2D eigenvalue weighted by molar-refractivity contribution is 0.647. The molecule has 5 rings (SSSR count). The Bertz CT molecular complexity index is 1130. The normalized spacial score (nSPS) is 15.0. The van der Waals surface area contributed by atoms with Gasteiger partial charge in [-0.15, -0.1) is 5.10 Å². The van der Waals surface area contributed by atoms with Crippen molar-refractivity contribution in [2.45, 2.75) is 13.8 Å². The number of nitrogens with zero attached hydrogens (tertiary/aromatic N) is 7. The molecule has 0 spiro atoms. The Morgan fingerprint density at radius 1 is 0.852 bits per heavy atom. The summed E-state index contributed by atoms with van der Waals surface area (Å²) in [6.07, 6.45) is 0. The Labute approximate surface area is 157 Å². The Balaban J connectivity index is 1.47. The molecule has 1 aliphatic rings. The van der Waals surface area contributed by atoms with E-state index in [4.69, 9.17) is 4.98 Å². The first-order valence-corrected chi connectivity index (χ1v) is 9.25. The molecule has 7 heteroatoms. The molecule has 0 radical (unpaired) electrons. The third kappa shape index (κ3) is 2.58. The van der Waals surface area contributed by atoms with Crippen molar-refractivity contribution in [1.82, 2.24) is 25.0 Å². The van der Waals surface area contributed by atoms with Gasteiger partial charge in [0.25, 0.3) is 0 Å². The summed E-state index contributed by atoms with van der Waals surface area (Å²) in [6.45, 7) is 8.05. The number of fused-ring (bicyclic) bond motifs is 3. The predicted octanol–water partition coefficient (Wildman–Crippen LogP) is 2.62. The molecule has 2 aromatic heterocycles. The third-order valence-electron chi connectivity index (χ3n) is 5.50.